The van der Waals surface area contributed by atoms with Crippen LogP contribution in [0.5, 0.6) is 0 Å². The minimum atomic E-state index is -1.42. The Morgan fingerprint density at radius 1 is 0.667 bits per heavy atom. The topological polar surface area (TPSA) is 132 Å². The van der Waals surface area contributed by atoms with E-state index in [2.05, 4.69) is 0 Å². The van der Waals surface area contributed by atoms with E-state index in [9.17, 15) is 14.4 Å². The van der Waals surface area contributed by atoms with Crippen LogP contribution in [0.3, 0.4) is 0 Å². The van der Waals surface area contributed by atoms with Gasteiger partial charge in [0.05, 0.1) is 18.8 Å². The molecule has 0 aliphatic carbocycles. The Morgan fingerprint density at radius 2 is 1.04 bits per heavy atom. The van der Waals surface area contributed by atoms with Crippen molar-refractivity contribution in [1.82, 2.24) is 0 Å². The van der Waals surface area contributed by atoms with Gasteiger partial charge in [0, 0.05) is 5.56 Å². The Labute approximate surface area is 138 Å². The van der Waals surface area contributed by atoms with E-state index in [0.717, 1.165) is 0 Å². The summed E-state index contributed by atoms with van der Waals surface area (Å²) >= 11 is 0. The zero-order chi connectivity index (χ0) is 18.4. The van der Waals surface area contributed by atoms with E-state index in [1.165, 1.54) is 12.1 Å². The molecule has 0 atom stereocenters. The lowest BCUT2D eigenvalue weighted by atomic mass is 10.1. The quantitative estimate of drug-likeness (QED) is 0.489. The summed E-state index contributed by atoms with van der Waals surface area (Å²) in [5, 5.41) is 31.9. The van der Waals surface area contributed by atoms with Crippen LogP contribution in [0.2, 0.25) is 0 Å². The summed E-state index contributed by atoms with van der Waals surface area (Å²) in [4.78, 5) is 31.1. The number of hydrogen-bond acceptors (Lipinski definition) is 5. The number of benzene rings is 2. The fourth-order valence-corrected chi connectivity index (χ4v) is 1.29. The van der Waals surface area contributed by atoms with Gasteiger partial charge in [0.25, 0.3) is 5.78 Å². The number of ketones is 1. The maximum atomic E-state index is 10.7. The number of aliphatic carboxylic acids is 1. The molecule has 0 aromatic heterocycles. The van der Waals surface area contributed by atoms with Crippen LogP contribution in [0.1, 0.15) is 20.7 Å². The van der Waals surface area contributed by atoms with E-state index in [1.807, 2.05) is 0 Å². The molecule has 0 aliphatic rings. The van der Waals surface area contributed by atoms with Crippen LogP contribution < -0.4 is 0 Å². The molecule has 2 rings (SSSR count). The summed E-state index contributed by atoms with van der Waals surface area (Å²) in [7, 11) is 0. The first-order valence-electron chi connectivity index (χ1n) is 6.76. The van der Waals surface area contributed by atoms with Crippen molar-refractivity contribution in [3.63, 3.8) is 0 Å². The largest absolute Gasteiger partial charge is 0.478 e. The smallest absolute Gasteiger partial charge is 0.377 e. The molecule has 0 spiro atoms. The molecule has 0 fully saturated rings. The predicted octanol–water partition coefficient (Wildman–Crippen LogP) is 1.31. The van der Waals surface area contributed by atoms with Crippen molar-refractivity contribution in [1.29, 1.82) is 0 Å². The minimum absolute atomic E-state index is 0.125. The normalized spacial score (nSPS) is 8.75. The number of hydrogen-bond donors (Lipinski definition) is 4. The lowest BCUT2D eigenvalue weighted by Gasteiger charge is -1.91. The highest BCUT2D eigenvalue weighted by atomic mass is 16.4. The van der Waals surface area contributed by atoms with Gasteiger partial charge in [-0.05, 0) is 12.1 Å². The van der Waals surface area contributed by atoms with Crippen molar-refractivity contribution < 1.29 is 34.8 Å². The van der Waals surface area contributed by atoms with E-state index in [0.29, 0.717) is 5.56 Å². The van der Waals surface area contributed by atoms with Gasteiger partial charge in [-0.25, -0.2) is 9.59 Å². The van der Waals surface area contributed by atoms with Gasteiger partial charge in [-0.3, -0.25) is 4.79 Å². The summed E-state index contributed by atoms with van der Waals surface area (Å²) in [6.07, 6.45) is 0. The minimum Gasteiger partial charge on any atom is -0.478 e. The third-order valence-electron chi connectivity index (χ3n) is 2.35. The molecule has 2 aromatic rings. The molecule has 7 nitrogen and oxygen atoms in total. The molecule has 4 N–H and O–H groups in total. The SMILES string of the molecule is O=C(O)C(=O)c1ccccc1.O=C(O)c1ccccc1.OCCO. The van der Waals surface area contributed by atoms with Crippen molar-refractivity contribution in [2.24, 2.45) is 0 Å². The summed E-state index contributed by atoms with van der Waals surface area (Å²) in [5.74, 6) is -3.17. The highest BCUT2D eigenvalue weighted by Gasteiger charge is 2.12. The first-order valence-corrected chi connectivity index (χ1v) is 6.76. The second-order valence-corrected chi connectivity index (χ2v) is 4.12. The summed E-state index contributed by atoms with van der Waals surface area (Å²) in [6, 6.07) is 16.2. The first-order chi connectivity index (χ1) is 11.4. The number of carbonyl (C=O) groups is 3. The van der Waals surface area contributed by atoms with E-state index in [1.54, 1.807) is 48.5 Å². The van der Waals surface area contributed by atoms with Crippen molar-refractivity contribution in [2.45, 2.75) is 0 Å². The molecule has 0 unspecified atom stereocenters. The van der Waals surface area contributed by atoms with Crippen LogP contribution in [0, 0.1) is 0 Å². The average Bonchev–Trinajstić information content (AvgIpc) is 2.63. The van der Waals surface area contributed by atoms with E-state index >= 15 is 0 Å². The number of carboxylic acids is 2. The predicted molar refractivity (Wildman–Crippen MR) is 86.0 cm³/mol. The van der Waals surface area contributed by atoms with E-state index < -0.39 is 17.7 Å². The number of carboxylic acid groups (broad SMARTS) is 2. The molecular formula is C17H18O7. The molecule has 0 radical (unpaired) electrons. The zero-order valence-electron chi connectivity index (χ0n) is 12.7. The van der Waals surface area contributed by atoms with Gasteiger partial charge in [-0.2, -0.15) is 0 Å². The van der Waals surface area contributed by atoms with E-state index in [-0.39, 0.29) is 18.8 Å². The zero-order valence-corrected chi connectivity index (χ0v) is 12.7. The second-order valence-electron chi connectivity index (χ2n) is 4.12. The number of aromatic carboxylic acids is 1. The summed E-state index contributed by atoms with van der Waals surface area (Å²) in [5.41, 5.74) is 0.539. The standard InChI is InChI=1S/C8H6O3.C7H6O2.C2H6O2/c9-7(8(10)11)6-4-2-1-3-5-6;8-7(9)6-4-2-1-3-5-6;3-1-2-4/h1-5H,(H,10,11);1-5H,(H,8,9);3-4H,1-2H2. The maximum Gasteiger partial charge on any atom is 0.377 e. The van der Waals surface area contributed by atoms with Gasteiger partial charge < -0.3 is 20.4 Å². The lowest BCUT2D eigenvalue weighted by Crippen LogP contribution is -2.12. The van der Waals surface area contributed by atoms with Crippen LogP contribution >= 0.6 is 0 Å². The average molecular weight is 334 g/mol. The third-order valence-corrected chi connectivity index (χ3v) is 2.35. The molecule has 0 saturated carbocycles. The first kappa shape index (κ1) is 21.0. The summed E-state index contributed by atoms with van der Waals surface area (Å²) < 4.78 is 0. The van der Waals surface area contributed by atoms with Gasteiger partial charge >= 0.3 is 11.9 Å². The molecule has 0 aliphatic heterocycles. The number of aliphatic hydroxyl groups excluding tert-OH is 2. The van der Waals surface area contributed by atoms with Gasteiger partial charge in [-0.1, -0.05) is 48.5 Å². The molecule has 0 amide bonds. The monoisotopic (exact) mass is 334 g/mol. The molecule has 24 heavy (non-hydrogen) atoms. The lowest BCUT2D eigenvalue weighted by molar-refractivity contribution is -0.131. The van der Waals surface area contributed by atoms with Crippen molar-refractivity contribution >= 4 is 17.7 Å². The Balaban J connectivity index is 0.000000367. The fraction of sp³-hybridized carbons (Fsp3) is 0.118. The fourth-order valence-electron chi connectivity index (χ4n) is 1.29. The highest BCUT2D eigenvalue weighted by Crippen LogP contribution is 1.99. The molecule has 128 valence electrons. The Bertz CT molecular complexity index is 622. The van der Waals surface area contributed by atoms with Crippen molar-refractivity contribution in [3.8, 4) is 0 Å². The van der Waals surface area contributed by atoms with Crippen LogP contribution in [0.15, 0.2) is 60.7 Å². The highest BCUT2D eigenvalue weighted by molar-refractivity contribution is 6.39. The number of Topliss-reactive ketones (excluding diaryl/α,β-unsaturated/α-hetero) is 1. The Kier molecular flexibility index (Phi) is 10.9. The second kappa shape index (κ2) is 12.5. The van der Waals surface area contributed by atoms with Gasteiger partial charge in [0.15, 0.2) is 0 Å². The van der Waals surface area contributed by atoms with Crippen LogP contribution in [-0.2, 0) is 4.79 Å². The molecule has 2 aromatic carbocycles. The summed E-state index contributed by atoms with van der Waals surface area (Å²) in [6.45, 7) is -0.250. The number of aliphatic hydroxyl groups is 2. The number of rotatable bonds is 4. The number of carbonyl (C=O) groups excluding carboxylic acids is 1. The molecule has 0 bridgehead atoms. The van der Waals surface area contributed by atoms with Crippen molar-refractivity contribution in [2.75, 3.05) is 13.2 Å². The van der Waals surface area contributed by atoms with Crippen molar-refractivity contribution in [3.05, 3.63) is 71.8 Å². The van der Waals surface area contributed by atoms with Crippen LogP contribution in [0.4, 0.5) is 0 Å². The molecule has 0 saturated heterocycles. The van der Waals surface area contributed by atoms with Crippen LogP contribution in [-0.4, -0.2) is 51.4 Å². The third kappa shape index (κ3) is 9.08. The van der Waals surface area contributed by atoms with Gasteiger partial charge in [0.1, 0.15) is 0 Å². The molecule has 0 heterocycles. The van der Waals surface area contributed by atoms with Gasteiger partial charge in [-0.15, -0.1) is 0 Å². The Morgan fingerprint density at radius 3 is 1.29 bits per heavy atom. The molecular weight excluding hydrogens is 316 g/mol. The van der Waals surface area contributed by atoms with Gasteiger partial charge in [0.2, 0.25) is 0 Å². The maximum absolute atomic E-state index is 10.7. The van der Waals surface area contributed by atoms with Crippen LogP contribution in [0.25, 0.3) is 0 Å². The molecule has 7 heteroatoms. The Hall–Kier alpha value is -3.03. The van der Waals surface area contributed by atoms with E-state index in [4.69, 9.17) is 20.4 Å².